The lowest BCUT2D eigenvalue weighted by atomic mass is 10.1. The van der Waals surface area contributed by atoms with E-state index in [2.05, 4.69) is 4.90 Å². The van der Waals surface area contributed by atoms with Gasteiger partial charge in [0, 0.05) is 36.8 Å². The summed E-state index contributed by atoms with van der Waals surface area (Å²) in [5.74, 6) is 0.654. The zero-order valence-electron chi connectivity index (χ0n) is 12.3. The third-order valence-corrected chi connectivity index (χ3v) is 4.08. The van der Waals surface area contributed by atoms with E-state index in [1.165, 1.54) is 18.9 Å². The van der Waals surface area contributed by atoms with E-state index in [0.29, 0.717) is 24.9 Å². The topological polar surface area (TPSA) is 75.8 Å². The van der Waals surface area contributed by atoms with Crippen molar-refractivity contribution in [1.29, 1.82) is 0 Å². The molecule has 1 saturated carbocycles. The SMILES string of the molecule is COc1ccc([N+](=O)[O-])cc1CN(CCO)C1CCCC1. The molecule has 1 aromatic carbocycles. The lowest BCUT2D eigenvalue weighted by molar-refractivity contribution is -0.385. The van der Waals surface area contributed by atoms with Crippen molar-refractivity contribution in [2.75, 3.05) is 20.3 Å². The number of nitrogens with zero attached hydrogens (tertiary/aromatic N) is 2. The van der Waals surface area contributed by atoms with Crippen LogP contribution in [0.15, 0.2) is 18.2 Å². The first-order valence-electron chi connectivity index (χ1n) is 7.32. The minimum atomic E-state index is -0.394. The average Bonchev–Trinajstić information content (AvgIpc) is 3.00. The van der Waals surface area contributed by atoms with Crippen LogP contribution in [0.1, 0.15) is 31.2 Å². The summed E-state index contributed by atoms with van der Waals surface area (Å²) in [5, 5.41) is 20.2. The lowest BCUT2D eigenvalue weighted by Gasteiger charge is -2.28. The molecule has 0 bridgehead atoms. The largest absolute Gasteiger partial charge is 0.496 e. The molecule has 2 rings (SSSR count). The van der Waals surface area contributed by atoms with Crippen molar-refractivity contribution < 1.29 is 14.8 Å². The van der Waals surface area contributed by atoms with Crippen LogP contribution in [-0.4, -0.2) is 41.2 Å². The molecular formula is C15H22N2O4. The highest BCUT2D eigenvalue weighted by Gasteiger charge is 2.24. The predicted molar refractivity (Wildman–Crippen MR) is 79.4 cm³/mol. The van der Waals surface area contributed by atoms with Crippen LogP contribution in [0.2, 0.25) is 0 Å². The summed E-state index contributed by atoms with van der Waals surface area (Å²) >= 11 is 0. The molecule has 21 heavy (non-hydrogen) atoms. The molecule has 116 valence electrons. The van der Waals surface area contributed by atoms with Gasteiger partial charge in [-0.05, 0) is 18.9 Å². The molecule has 0 atom stereocenters. The highest BCUT2D eigenvalue weighted by Crippen LogP contribution is 2.29. The second-order valence-corrected chi connectivity index (χ2v) is 5.39. The molecule has 0 spiro atoms. The van der Waals surface area contributed by atoms with Crippen molar-refractivity contribution in [3.05, 3.63) is 33.9 Å². The van der Waals surface area contributed by atoms with Crippen LogP contribution in [-0.2, 0) is 6.54 Å². The molecule has 1 aromatic rings. The number of benzene rings is 1. The molecule has 0 unspecified atom stereocenters. The van der Waals surface area contributed by atoms with Gasteiger partial charge in [0.1, 0.15) is 5.75 Å². The van der Waals surface area contributed by atoms with Crippen molar-refractivity contribution in [1.82, 2.24) is 4.90 Å². The Hall–Kier alpha value is -1.66. The molecule has 1 N–H and O–H groups in total. The van der Waals surface area contributed by atoms with Crippen molar-refractivity contribution in [3.8, 4) is 5.75 Å². The third-order valence-electron chi connectivity index (χ3n) is 4.08. The summed E-state index contributed by atoms with van der Waals surface area (Å²) in [6, 6.07) is 5.10. The van der Waals surface area contributed by atoms with Crippen LogP contribution in [0.3, 0.4) is 0 Å². The molecule has 1 aliphatic carbocycles. The molecule has 0 amide bonds. The molecule has 1 aliphatic rings. The fourth-order valence-electron chi connectivity index (χ4n) is 3.01. The van der Waals surface area contributed by atoms with E-state index < -0.39 is 4.92 Å². The van der Waals surface area contributed by atoms with Crippen LogP contribution >= 0.6 is 0 Å². The monoisotopic (exact) mass is 294 g/mol. The average molecular weight is 294 g/mol. The molecule has 0 saturated heterocycles. The highest BCUT2D eigenvalue weighted by atomic mass is 16.6. The molecule has 0 radical (unpaired) electrons. The van der Waals surface area contributed by atoms with Crippen molar-refractivity contribution in [3.63, 3.8) is 0 Å². The quantitative estimate of drug-likeness (QED) is 0.617. The Bertz CT molecular complexity index is 487. The smallest absolute Gasteiger partial charge is 0.270 e. The number of aliphatic hydroxyl groups is 1. The van der Waals surface area contributed by atoms with E-state index in [1.54, 1.807) is 19.2 Å². The van der Waals surface area contributed by atoms with E-state index in [9.17, 15) is 15.2 Å². The van der Waals surface area contributed by atoms with E-state index in [0.717, 1.165) is 18.4 Å². The summed E-state index contributed by atoms with van der Waals surface area (Å²) in [7, 11) is 1.57. The number of nitro benzene ring substituents is 1. The number of non-ortho nitro benzene ring substituents is 1. The number of ether oxygens (including phenoxy) is 1. The molecular weight excluding hydrogens is 272 g/mol. The standard InChI is InChI=1S/C15H22N2O4/c1-21-15-7-6-14(17(19)20)10-12(15)11-16(8-9-18)13-4-2-3-5-13/h6-7,10,13,18H,2-5,8-9,11H2,1H3. The maximum Gasteiger partial charge on any atom is 0.270 e. The van der Waals surface area contributed by atoms with E-state index in [4.69, 9.17) is 4.74 Å². The van der Waals surface area contributed by atoms with Crippen molar-refractivity contribution in [2.45, 2.75) is 38.3 Å². The molecule has 1 fully saturated rings. The molecule has 6 heteroatoms. The van der Waals surface area contributed by atoms with Gasteiger partial charge in [0.25, 0.3) is 5.69 Å². The van der Waals surface area contributed by atoms with Gasteiger partial charge in [0.2, 0.25) is 0 Å². The second kappa shape index (κ2) is 7.38. The second-order valence-electron chi connectivity index (χ2n) is 5.39. The van der Waals surface area contributed by atoms with Gasteiger partial charge >= 0.3 is 0 Å². The minimum absolute atomic E-state index is 0.0705. The third kappa shape index (κ3) is 3.92. The number of hydrogen-bond acceptors (Lipinski definition) is 5. The Morgan fingerprint density at radius 1 is 1.43 bits per heavy atom. The Balaban J connectivity index is 2.21. The van der Waals surface area contributed by atoms with Crippen molar-refractivity contribution >= 4 is 5.69 Å². The minimum Gasteiger partial charge on any atom is -0.496 e. The first-order valence-corrected chi connectivity index (χ1v) is 7.32. The first kappa shape index (κ1) is 15.7. The molecule has 0 aliphatic heterocycles. The fraction of sp³-hybridized carbons (Fsp3) is 0.600. The first-order chi connectivity index (χ1) is 10.2. The van der Waals surface area contributed by atoms with Crippen LogP contribution < -0.4 is 4.74 Å². The van der Waals surface area contributed by atoms with Gasteiger partial charge in [0.15, 0.2) is 0 Å². The summed E-state index contributed by atoms with van der Waals surface area (Å²) in [4.78, 5) is 12.7. The van der Waals surface area contributed by atoms with Gasteiger partial charge in [-0.25, -0.2) is 0 Å². The Kier molecular flexibility index (Phi) is 5.52. The van der Waals surface area contributed by atoms with Crippen LogP contribution in [0.5, 0.6) is 5.75 Å². The number of rotatable bonds is 7. The fourth-order valence-corrected chi connectivity index (χ4v) is 3.01. The number of aliphatic hydroxyl groups excluding tert-OH is 1. The van der Waals surface area contributed by atoms with Gasteiger partial charge < -0.3 is 9.84 Å². The number of hydrogen-bond donors (Lipinski definition) is 1. The number of nitro groups is 1. The van der Waals surface area contributed by atoms with Crippen LogP contribution in [0.25, 0.3) is 0 Å². The summed E-state index contributed by atoms with van der Waals surface area (Å²) in [6.07, 6.45) is 4.66. The summed E-state index contributed by atoms with van der Waals surface area (Å²) in [5.41, 5.74) is 0.869. The van der Waals surface area contributed by atoms with Crippen molar-refractivity contribution in [2.24, 2.45) is 0 Å². The molecule has 6 nitrogen and oxygen atoms in total. The predicted octanol–water partition coefficient (Wildman–Crippen LogP) is 2.34. The Labute approximate surface area is 124 Å². The number of methoxy groups -OCH3 is 1. The molecule has 0 heterocycles. The van der Waals surface area contributed by atoms with Gasteiger partial charge in [0.05, 0.1) is 18.6 Å². The zero-order chi connectivity index (χ0) is 15.2. The maximum absolute atomic E-state index is 10.9. The van der Waals surface area contributed by atoms with Gasteiger partial charge in [-0.3, -0.25) is 15.0 Å². The maximum atomic E-state index is 10.9. The van der Waals surface area contributed by atoms with E-state index in [-0.39, 0.29) is 12.3 Å². The normalized spacial score (nSPS) is 15.6. The summed E-state index contributed by atoms with van der Waals surface area (Å²) < 4.78 is 5.31. The molecule has 0 aromatic heterocycles. The van der Waals surface area contributed by atoms with Gasteiger partial charge in [-0.1, -0.05) is 12.8 Å². The van der Waals surface area contributed by atoms with Gasteiger partial charge in [-0.15, -0.1) is 0 Å². The summed E-state index contributed by atoms with van der Waals surface area (Å²) in [6.45, 7) is 1.24. The Morgan fingerprint density at radius 2 is 2.14 bits per heavy atom. The van der Waals surface area contributed by atoms with Gasteiger partial charge in [-0.2, -0.15) is 0 Å². The van der Waals surface area contributed by atoms with E-state index >= 15 is 0 Å². The van der Waals surface area contributed by atoms with E-state index in [1.807, 2.05) is 0 Å². The zero-order valence-corrected chi connectivity index (χ0v) is 12.3. The lowest BCUT2D eigenvalue weighted by Crippen LogP contribution is -2.35. The van der Waals surface area contributed by atoms with Crippen LogP contribution in [0.4, 0.5) is 5.69 Å². The van der Waals surface area contributed by atoms with Crippen LogP contribution in [0, 0.1) is 10.1 Å². The highest BCUT2D eigenvalue weighted by molar-refractivity contribution is 5.43. The Morgan fingerprint density at radius 3 is 2.71 bits per heavy atom.